The minimum Gasteiger partial charge on any atom is -0.0804 e. The highest BCUT2D eigenvalue weighted by Crippen LogP contribution is 2.62. The Bertz CT molecular complexity index is 1680. The van der Waals surface area contributed by atoms with Gasteiger partial charge in [-0.05, 0) is 87.0 Å². The number of fused-ring (bicyclic) bond motifs is 4. The van der Waals surface area contributed by atoms with Gasteiger partial charge >= 0.3 is 0 Å². The van der Waals surface area contributed by atoms with Gasteiger partial charge in [0.05, 0.1) is 0 Å². The zero-order valence-electron chi connectivity index (χ0n) is 22.0. The third-order valence-electron chi connectivity index (χ3n) is 9.35. The van der Waals surface area contributed by atoms with E-state index in [2.05, 4.69) is 140 Å². The predicted octanol–water partition coefficient (Wildman–Crippen LogP) is 9.90. The fourth-order valence-corrected chi connectivity index (χ4v) is 7.65. The maximum absolute atomic E-state index is 2.50. The molecule has 0 spiro atoms. The van der Waals surface area contributed by atoms with Gasteiger partial charge in [-0.1, -0.05) is 133 Å². The first kappa shape index (κ1) is 22.6. The summed E-state index contributed by atoms with van der Waals surface area (Å²) in [4.78, 5) is 0. The molecule has 1 atom stereocenters. The number of aryl methyl sites for hydroxylation is 1. The van der Waals surface area contributed by atoms with Gasteiger partial charge in [-0.2, -0.15) is 0 Å². The second-order valence-electron chi connectivity index (χ2n) is 11.2. The van der Waals surface area contributed by atoms with E-state index in [0.717, 1.165) is 19.3 Å². The highest BCUT2D eigenvalue weighted by Gasteiger charge is 2.51. The van der Waals surface area contributed by atoms with Crippen LogP contribution in [-0.4, -0.2) is 0 Å². The van der Waals surface area contributed by atoms with E-state index in [1.807, 2.05) is 0 Å². The average molecular weight is 499 g/mol. The molecule has 3 aliphatic carbocycles. The van der Waals surface area contributed by atoms with Crippen LogP contribution in [0.4, 0.5) is 0 Å². The van der Waals surface area contributed by atoms with E-state index < -0.39 is 0 Å². The van der Waals surface area contributed by atoms with E-state index in [4.69, 9.17) is 0 Å². The summed E-state index contributed by atoms with van der Waals surface area (Å²) in [6.07, 6.45) is 10.3. The highest BCUT2D eigenvalue weighted by molar-refractivity contribution is 5.86. The Kier molecular flexibility index (Phi) is 5.10. The summed E-state index contributed by atoms with van der Waals surface area (Å²) in [6, 6.07) is 45.4. The lowest BCUT2D eigenvalue weighted by molar-refractivity contribution is 0.440. The topological polar surface area (TPSA) is 0 Å². The Balaban J connectivity index is 1.41. The lowest BCUT2D eigenvalue weighted by atomic mass is 9.62. The molecule has 0 nitrogen and oxygen atoms in total. The summed E-state index contributed by atoms with van der Waals surface area (Å²) in [7, 11) is 0. The minimum absolute atomic E-state index is 0.0509. The van der Waals surface area contributed by atoms with Crippen LogP contribution in [0.15, 0.2) is 145 Å². The predicted molar refractivity (Wildman–Crippen MR) is 163 cm³/mol. The lowest BCUT2D eigenvalue weighted by Crippen LogP contribution is -2.33. The maximum Gasteiger partial charge on any atom is 0.0283 e. The Morgan fingerprint density at radius 2 is 1.15 bits per heavy atom. The normalized spacial score (nSPS) is 19.0. The van der Waals surface area contributed by atoms with E-state index in [1.165, 1.54) is 55.6 Å². The van der Waals surface area contributed by atoms with Crippen molar-refractivity contribution in [3.05, 3.63) is 167 Å². The average Bonchev–Trinajstić information content (AvgIpc) is 3.75. The van der Waals surface area contributed by atoms with Crippen molar-refractivity contribution in [3.8, 4) is 33.4 Å². The molecule has 0 N–H and O–H groups in total. The molecule has 5 aromatic rings. The van der Waals surface area contributed by atoms with Crippen LogP contribution in [0.3, 0.4) is 0 Å². The Labute approximate surface area is 231 Å². The van der Waals surface area contributed by atoms with E-state index in [1.54, 1.807) is 5.57 Å². The highest BCUT2D eigenvalue weighted by atomic mass is 14.5. The molecule has 0 aliphatic heterocycles. The van der Waals surface area contributed by atoms with Gasteiger partial charge in [-0.3, -0.25) is 0 Å². The number of hydrogen-bond acceptors (Lipinski definition) is 0. The van der Waals surface area contributed by atoms with Crippen molar-refractivity contribution in [2.75, 3.05) is 0 Å². The zero-order valence-corrected chi connectivity index (χ0v) is 22.0. The quantitative estimate of drug-likeness (QED) is 0.231. The number of benzene rings is 5. The van der Waals surface area contributed by atoms with Crippen molar-refractivity contribution in [1.82, 2.24) is 0 Å². The molecule has 3 aliphatic rings. The van der Waals surface area contributed by atoms with Crippen molar-refractivity contribution in [2.45, 2.75) is 30.6 Å². The molecule has 186 valence electrons. The van der Waals surface area contributed by atoms with Gasteiger partial charge in [0.2, 0.25) is 0 Å². The molecule has 0 fully saturated rings. The van der Waals surface area contributed by atoms with Crippen molar-refractivity contribution in [1.29, 1.82) is 0 Å². The zero-order chi connectivity index (χ0) is 25.8. The summed E-state index contributed by atoms with van der Waals surface area (Å²) in [5, 5.41) is 0. The molecule has 0 saturated carbocycles. The molecule has 0 heterocycles. The van der Waals surface area contributed by atoms with E-state index >= 15 is 0 Å². The fraction of sp³-hybridized carbons (Fsp3) is 0.128. The molecular weight excluding hydrogens is 468 g/mol. The summed E-state index contributed by atoms with van der Waals surface area (Å²) < 4.78 is 0. The van der Waals surface area contributed by atoms with Crippen molar-refractivity contribution in [3.63, 3.8) is 0 Å². The van der Waals surface area contributed by atoms with Gasteiger partial charge in [-0.25, -0.2) is 0 Å². The van der Waals surface area contributed by atoms with E-state index in [9.17, 15) is 0 Å². The monoisotopic (exact) mass is 498 g/mol. The van der Waals surface area contributed by atoms with Crippen LogP contribution >= 0.6 is 0 Å². The van der Waals surface area contributed by atoms with Crippen LogP contribution in [0.2, 0.25) is 0 Å². The molecule has 1 unspecified atom stereocenters. The molecule has 0 bridgehead atoms. The van der Waals surface area contributed by atoms with Crippen LogP contribution in [0.25, 0.3) is 33.4 Å². The summed E-state index contributed by atoms with van der Waals surface area (Å²) in [5.74, 6) is 0.268. The third-order valence-corrected chi connectivity index (χ3v) is 9.35. The van der Waals surface area contributed by atoms with E-state index in [-0.39, 0.29) is 11.3 Å². The van der Waals surface area contributed by atoms with Gasteiger partial charge < -0.3 is 0 Å². The van der Waals surface area contributed by atoms with Crippen molar-refractivity contribution < 1.29 is 0 Å². The molecule has 0 amide bonds. The van der Waals surface area contributed by atoms with Crippen molar-refractivity contribution >= 4 is 0 Å². The number of allylic oxidation sites excluding steroid dienone is 4. The summed E-state index contributed by atoms with van der Waals surface area (Å²) in [5.41, 5.74) is 15.4. The molecule has 39 heavy (non-hydrogen) atoms. The summed E-state index contributed by atoms with van der Waals surface area (Å²) in [6.45, 7) is 0. The largest absolute Gasteiger partial charge is 0.0804 e. The van der Waals surface area contributed by atoms with Gasteiger partial charge in [-0.15, -0.1) is 0 Å². The lowest BCUT2D eigenvalue weighted by Gasteiger charge is -2.40. The van der Waals surface area contributed by atoms with Gasteiger partial charge in [0.1, 0.15) is 0 Å². The first-order valence-corrected chi connectivity index (χ1v) is 14.2. The number of hydrogen-bond donors (Lipinski definition) is 0. The first-order valence-electron chi connectivity index (χ1n) is 14.2. The number of rotatable bonds is 4. The molecule has 8 rings (SSSR count). The van der Waals surface area contributed by atoms with Crippen LogP contribution in [0.1, 0.15) is 41.0 Å². The van der Waals surface area contributed by atoms with E-state index in [0.29, 0.717) is 0 Å². The van der Waals surface area contributed by atoms with Crippen LogP contribution < -0.4 is 0 Å². The molecular formula is C39H30. The maximum atomic E-state index is 2.50. The Hall–Kier alpha value is -4.42. The molecule has 0 radical (unpaired) electrons. The molecule has 5 aromatic carbocycles. The van der Waals surface area contributed by atoms with Gasteiger partial charge in [0.15, 0.2) is 0 Å². The van der Waals surface area contributed by atoms with Crippen molar-refractivity contribution in [2.24, 2.45) is 0 Å². The van der Waals surface area contributed by atoms with Gasteiger partial charge in [0.25, 0.3) is 0 Å². The smallest absolute Gasteiger partial charge is 0.0283 e. The second kappa shape index (κ2) is 8.82. The van der Waals surface area contributed by atoms with Crippen LogP contribution in [0.5, 0.6) is 0 Å². The van der Waals surface area contributed by atoms with Gasteiger partial charge in [0, 0.05) is 11.3 Å². The summed E-state index contributed by atoms with van der Waals surface area (Å²) >= 11 is 0. The standard InChI is InChI=1S/C39H30/c1-3-11-27(12-4-1)30-19-21-33-34-22-20-31(28-13-5-2-6-14-28)26-36(34)38(35(33)25-30)39(32-16-8-9-17-32)24-23-29-15-7-10-18-37(29)39/h1-16,18-22,25-26,38H,17,23-24H2. The third kappa shape index (κ3) is 3.38. The SMILES string of the molecule is C1=CCC(C2(C3c4cc(-c5ccccc5)ccc4-c4ccc(-c5ccccc5)cc43)CCc3ccccc32)=C1. The van der Waals surface area contributed by atoms with Crippen LogP contribution in [0, 0.1) is 0 Å². The first-order chi connectivity index (χ1) is 19.3. The molecule has 0 heteroatoms. The molecule has 0 aromatic heterocycles. The fourth-order valence-electron chi connectivity index (χ4n) is 7.65. The second-order valence-corrected chi connectivity index (χ2v) is 11.2. The molecule has 0 saturated heterocycles. The minimum atomic E-state index is -0.0509. The Morgan fingerprint density at radius 3 is 1.74 bits per heavy atom. The Morgan fingerprint density at radius 1 is 0.564 bits per heavy atom. The van der Waals surface area contributed by atoms with Crippen LogP contribution in [-0.2, 0) is 11.8 Å².